The molecule has 0 atom stereocenters. The number of amides is 1. The van der Waals surface area contributed by atoms with E-state index >= 15 is 0 Å². The monoisotopic (exact) mass is 297 g/mol. The van der Waals surface area contributed by atoms with Crippen molar-refractivity contribution in [3.8, 4) is 5.75 Å². The minimum Gasteiger partial charge on any atom is -0.484 e. The molecule has 0 bridgehead atoms. The number of carbonyl (C=O) groups excluding carboxylic acids is 1. The van der Waals surface area contributed by atoms with Crippen molar-refractivity contribution in [1.29, 1.82) is 0 Å². The first kappa shape index (κ1) is 15.2. The second-order valence-corrected chi connectivity index (χ2v) is 6.28. The van der Waals surface area contributed by atoms with Gasteiger partial charge in [-0.15, -0.1) is 0 Å². The first-order chi connectivity index (χ1) is 9.74. The molecule has 1 saturated carbocycles. The van der Waals surface area contributed by atoms with Gasteiger partial charge in [0.15, 0.2) is 6.61 Å². The van der Waals surface area contributed by atoms with Gasteiger partial charge < -0.3 is 10.1 Å². The highest BCUT2D eigenvalue weighted by Gasteiger charge is 2.14. The minimum atomic E-state index is -0.314. The number of benzene rings is 1. The van der Waals surface area contributed by atoms with Crippen molar-refractivity contribution in [3.63, 3.8) is 0 Å². The molecular formula is C15H20FNO2S. The molecule has 1 aromatic rings. The number of hydrogen-bond donors (Lipinski definition) is 1. The maximum Gasteiger partial charge on any atom is 0.257 e. The van der Waals surface area contributed by atoms with Crippen molar-refractivity contribution >= 4 is 17.7 Å². The first-order valence-corrected chi connectivity index (χ1v) is 8.05. The third-order valence-corrected chi connectivity index (χ3v) is 4.65. The molecule has 0 spiro atoms. The summed E-state index contributed by atoms with van der Waals surface area (Å²) in [5, 5.41) is 3.61. The molecule has 0 heterocycles. The average Bonchev–Trinajstić information content (AvgIpc) is 2.96. The van der Waals surface area contributed by atoms with Gasteiger partial charge in [0.2, 0.25) is 0 Å². The molecule has 0 radical (unpaired) electrons. The molecule has 1 aliphatic rings. The van der Waals surface area contributed by atoms with E-state index in [1.807, 2.05) is 11.8 Å². The van der Waals surface area contributed by atoms with E-state index in [0.717, 1.165) is 11.0 Å². The van der Waals surface area contributed by atoms with Crippen molar-refractivity contribution < 1.29 is 13.9 Å². The predicted octanol–water partition coefficient (Wildman–Crippen LogP) is 3.00. The average molecular weight is 297 g/mol. The summed E-state index contributed by atoms with van der Waals surface area (Å²) in [6, 6.07) is 5.65. The standard InChI is InChI=1S/C15H20FNO2S/c16-12-5-7-13(8-6-12)19-11-15(18)17-9-10-20-14-3-1-2-4-14/h5-8,14H,1-4,9-11H2,(H,17,18). The highest BCUT2D eigenvalue weighted by Crippen LogP contribution is 2.28. The van der Waals surface area contributed by atoms with Crippen molar-refractivity contribution in [2.75, 3.05) is 18.9 Å². The molecule has 0 saturated heterocycles. The topological polar surface area (TPSA) is 38.3 Å². The van der Waals surface area contributed by atoms with E-state index in [1.54, 1.807) is 0 Å². The van der Waals surface area contributed by atoms with Gasteiger partial charge in [-0.3, -0.25) is 4.79 Å². The van der Waals surface area contributed by atoms with Crippen LogP contribution in [0.5, 0.6) is 5.75 Å². The molecule has 0 aliphatic heterocycles. The van der Waals surface area contributed by atoms with Gasteiger partial charge in [-0.25, -0.2) is 4.39 Å². The van der Waals surface area contributed by atoms with E-state index in [0.29, 0.717) is 12.3 Å². The summed E-state index contributed by atoms with van der Waals surface area (Å²) >= 11 is 1.94. The van der Waals surface area contributed by atoms with Crippen LogP contribution in [0.1, 0.15) is 25.7 Å². The molecule has 110 valence electrons. The summed E-state index contributed by atoms with van der Waals surface area (Å²) in [5.41, 5.74) is 0. The van der Waals surface area contributed by atoms with E-state index in [4.69, 9.17) is 4.74 Å². The lowest BCUT2D eigenvalue weighted by atomic mass is 10.3. The van der Waals surface area contributed by atoms with E-state index in [2.05, 4.69) is 5.32 Å². The number of thioether (sulfide) groups is 1. The van der Waals surface area contributed by atoms with Crippen molar-refractivity contribution in [3.05, 3.63) is 30.1 Å². The Balaban J connectivity index is 1.54. The molecule has 3 nitrogen and oxygen atoms in total. The van der Waals surface area contributed by atoms with Crippen molar-refractivity contribution in [2.45, 2.75) is 30.9 Å². The SMILES string of the molecule is O=C(COc1ccc(F)cc1)NCCSC1CCCC1. The van der Waals surface area contributed by atoms with Crippen LogP contribution in [0.4, 0.5) is 4.39 Å². The third-order valence-electron chi connectivity index (χ3n) is 3.26. The van der Waals surface area contributed by atoms with Crippen LogP contribution < -0.4 is 10.1 Å². The number of ether oxygens (including phenoxy) is 1. The van der Waals surface area contributed by atoms with Crippen LogP contribution >= 0.6 is 11.8 Å². The van der Waals surface area contributed by atoms with Crippen molar-refractivity contribution in [2.24, 2.45) is 0 Å². The second-order valence-electron chi connectivity index (χ2n) is 4.87. The lowest BCUT2D eigenvalue weighted by Gasteiger charge is -2.10. The second kappa shape index (κ2) is 8.15. The smallest absolute Gasteiger partial charge is 0.257 e. The summed E-state index contributed by atoms with van der Waals surface area (Å²) in [6.07, 6.45) is 5.31. The molecule has 0 aromatic heterocycles. The lowest BCUT2D eigenvalue weighted by Crippen LogP contribution is -2.30. The van der Waals surface area contributed by atoms with Gasteiger partial charge in [-0.2, -0.15) is 11.8 Å². The Morgan fingerprint density at radius 1 is 1.30 bits per heavy atom. The van der Waals surface area contributed by atoms with Crippen LogP contribution in [0.25, 0.3) is 0 Å². The van der Waals surface area contributed by atoms with E-state index in [9.17, 15) is 9.18 Å². The van der Waals surface area contributed by atoms with Gasteiger partial charge in [-0.1, -0.05) is 12.8 Å². The van der Waals surface area contributed by atoms with Gasteiger partial charge in [0, 0.05) is 17.5 Å². The normalized spacial score (nSPS) is 15.2. The van der Waals surface area contributed by atoms with Crippen LogP contribution in [-0.2, 0) is 4.79 Å². The van der Waals surface area contributed by atoms with Gasteiger partial charge in [0.1, 0.15) is 11.6 Å². The fraction of sp³-hybridized carbons (Fsp3) is 0.533. The summed E-state index contributed by atoms with van der Waals surface area (Å²) in [5.74, 6) is 1.00. The summed E-state index contributed by atoms with van der Waals surface area (Å²) in [4.78, 5) is 11.6. The molecular weight excluding hydrogens is 277 g/mol. The Labute approximate surface area is 123 Å². The van der Waals surface area contributed by atoms with Crippen LogP contribution in [0.3, 0.4) is 0 Å². The van der Waals surface area contributed by atoms with Crippen LogP contribution in [0.15, 0.2) is 24.3 Å². The quantitative estimate of drug-likeness (QED) is 0.786. The first-order valence-electron chi connectivity index (χ1n) is 7.01. The number of hydrogen-bond acceptors (Lipinski definition) is 3. The molecule has 1 amide bonds. The van der Waals surface area contributed by atoms with Gasteiger partial charge in [0.25, 0.3) is 5.91 Å². The summed E-state index contributed by atoms with van der Waals surface area (Å²) in [7, 11) is 0. The molecule has 5 heteroatoms. The largest absolute Gasteiger partial charge is 0.484 e. The van der Waals surface area contributed by atoms with Crippen molar-refractivity contribution in [1.82, 2.24) is 5.32 Å². The maximum absolute atomic E-state index is 12.7. The Hall–Kier alpha value is -1.23. The summed E-state index contributed by atoms with van der Waals surface area (Å²) < 4.78 is 17.9. The Bertz CT molecular complexity index is 418. The highest BCUT2D eigenvalue weighted by molar-refractivity contribution is 7.99. The predicted molar refractivity (Wildman–Crippen MR) is 79.6 cm³/mol. The number of halogens is 1. The van der Waals surface area contributed by atoms with Crippen LogP contribution in [-0.4, -0.2) is 30.1 Å². The lowest BCUT2D eigenvalue weighted by molar-refractivity contribution is -0.122. The van der Waals surface area contributed by atoms with Gasteiger partial charge in [-0.05, 0) is 37.1 Å². The van der Waals surface area contributed by atoms with E-state index < -0.39 is 0 Å². The Morgan fingerprint density at radius 3 is 2.70 bits per heavy atom. The third kappa shape index (κ3) is 5.41. The number of carbonyl (C=O) groups is 1. The zero-order valence-electron chi connectivity index (χ0n) is 11.4. The zero-order valence-corrected chi connectivity index (χ0v) is 12.3. The molecule has 1 aliphatic carbocycles. The van der Waals surface area contributed by atoms with E-state index in [1.165, 1.54) is 49.9 Å². The zero-order chi connectivity index (χ0) is 14.2. The fourth-order valence-corrected chi connectivity index (χ4v) is 3.42. The fourth-order valence-electron chi connectivity index (χ4n) is 2.20. The van der Waals surface area contributed by atoms with Crippen LogP contribution in [0, 0.1) is 5.82 Å². The summed E-state index contributed by atoms with van der Waals surface area (Å²) in [6.45, 7) is 0.645. The molecule has 1 N–H and O–H groups in total. The minimum absolute atomic E-state index is 0.0280. The number of rotatable bonds is 7. The molecule has 2 rings (SSSR count). The Kier molecular flexibility index (Phi) is 6.18. The van der Waals surface area contributed by atoms with Gasteiger partial charge in [0.05, 0.1) is 0 Å². The van der Waals surface area contributed by atoms with Gasteiger partial charge >= 0.3 is 0 Å². The highest BCUT2D eigenvalue weighted by atomic mass is 32.2. The molecule has 0 unspecified atom stereocenters. The van der Waals surface area contributed by atoms with E-state index in [-0.39, 0.29) is 18.3 Å². The maximum atomic E-state index is 12.7. The number of nitrogens with one attached hydrogen (secondary N) is 1. The molecule has 1 fully saturated rings. The molecule has 1 aromatic carbocycles. The van der Waals surface area contributed by atoms with Crippen LogP contribution in [0.2, 0.25) is 0 Å². The molecule has 20 heavy (non-hydrogen) atoms. The Morgan fingerprint density at radius 2 is 2.00 bits per heavy atom.